The summed E-state index contributed by atoms with van der Waals surface area (Å²) in [5.74, 6) is 2.90. The third kappa shape index (κ3) is 2.64. The van der Waals surface area contributed by atoms with Crippen LogP contribution in [0.4, 0.5) is 11.6 Å². The van der Waals surface area contributed by atoms with Gasteiger partial charge in [0.1, 0.15) is 5.82 Å². The van der Waals surface area contributed by atoms with E-state index in [-0.39, 0.29) is 0 Å². The summed E-state index contributed by atoms with van der Waals surface area (Å²) in [4.78, 5) is 8.68. The molecule has 2 unspecified atom stereocenters. The summed E-state index contributed by atoms with van der Waals surface area (Å²) in [6, 6.07) is 0. The summed E-state index contributed by atoms with van der Waals surface area (Å²) in [6.45, 7) is 3.31. The zero-order chi connectivity index (χ0) is 13.2. The minimum Gasteiger partial charge on any atom is -0.382 e. The highest BCUT2D eigenvalue weighted by molar-refractivity contribution is 5.64. The Labute approximate surface area is 113 Å². The van der Waals surface area contributed by atoms with E-state index in [0.717, 1.165) is 29.8 Å². The van der Waals surface area contributed by atoms with Crippen molar-refractivity contribution in [3.05, 3.63) is 18.6 Å². The van der Waals surface area contributed by atoms with Crippen LogP contribution in [0.15, 0.2) is 18.6 Å². The number of anilines is 2. The monoisotopic (exact) mass is 259 g/mol. The first-order valence-electron chi connectivity index (χ1n) is 7.05. The Balaban J connectivity index is 1.72. The van der Waals surface area contributed by atoms with Crippen LogP contribution >= 0.6 is 0 Å². The van der Waals surface area contributed by atoms with E-state index < -0.39 is 0 Å². The number of imidazole rings is 1. The van der Waals surface area contributed by atoms with Gasteiger partial charge < -0.3 is 15.5 Å². The lowest BCUT2D eigenvalue weighted by Gasteiger charge is -2.26. The fourth-order valence-corrected chi connectivity index (χ4v) is 3.06. The molecular weight excluding hydrogens is 238 g/mol. The van der Waals surface area contributed by atoms with E-state index in [0.29, 0.717) is 5.82 Å². The molecule has 0 aromatic carbocycles. The second-order valence-corrected chi connectivity index (χ2v) is 5.69. The first-order valence-corrected chi connectivity index (χ1v) is 7.05. The van der Waals surface area contributed by atoms with Crippen molar-refractivity contribution < 1.29 is 0 Å². The molecule has 19 heavy (non-hydrogen) atoms. The summed E-state index contributed by atoms with van der Waals surface area (Å²) >= 11 is 0. The molecule has 1 aliphatic rings. The van der Waals surface area contributed by atoms with E-state index in [9.17, 15) is 0 Å². The topological polar surface area (TPSA) is 68.2 Å². The molecule has 0 spiro atoms. The SMILES string of the molecule is CC1CCCC(CNc2nc(N)cn3ccnc23)C1. The molecule has 102 valence electrons. The number of aromatic nitrogens is 3. The number of nitrogens with zero attached hydrogens (tertiary/aromatic N) is 3. The van der Waals surface area contributed by atoms with Crippen molar-refractivity contribution in [1.82, 2.24) is 14.4 Å². The number of nitrogen functional groups attached to an aromatic ring is 1. The van der Waals surface area contributed by atoms with Gasteiger partial charge in [0.15, 0.2) is 11.5 Å². The van der Waals surface area contributed by atoms with Gasteiger partial charge in [-0.05, 0) is 24.7 Å². The van der Waals surface area contributed by atoms with Crippen molar-refractivity contribution in [3.8, 4) is 0 Å². The second-order valence-electron chi connectivity index (χ2n) is 5.69. The zero-order valence-electron chi connectivity index (χ0n) is 11.3. The molecule has 5 nitrogen and oxygen atoms in total. The maximum absolute atomic E-state index is 5.81. The fourth-order valence-electron chi connectivity index (χ4n) is 3.06. The predicted molar refractivity (Wildman–Crippen MR) is 77.0 cm³/mol. The first-order chi connectivity index (χ1) is 9.22. The summed E-state index contributed by atoms with van der Waals surface area (Å²) in [5.41, 5.74) is 6.66. The molecule has 2 heterocycles. The van der Waals surface area contributed by atoms with Crippen LogP contribution in [-0.2, 0) is 0 Å². The molecule has 2 atom stereocenters. The number of fused-ring (bicyclic) bond motifs is 1. The summed E-state index contributed by atoms with van der Waals surface area (Å²) in [5, 5.41) is 3.43. The summed E-state index contributed by atoms with van der Waals surface area (Å²) < 4.78 is 1.91. The van der Waals surface area contributed by atoms with Gasteiger partial charge in [0.05, 0.1) is 6.20 Å². The molecule has 0 aliphatic heterocycles. The molecule has 1 aliphatic carbocycles. The largest absolute Gasteiger partial charge is 0.382 e. The van der Waals surface area contributed by atoms with E-state index in [4.69, 9.17) is 5.73 Å². The number of nitrogens with two attached hydrogens (primary N) is 1. The fraction of sp³-hybridized carbons (Fsp3) is 0.571. The molecule has 0 bridgehead atoms. The Morgan fingerprint density at radius 1 is 1.47 bits per heavy atom. The molecule has 3 N–H and O–H groups in total. The Morgan fingerprint density at radius 2 is 2.37 bits per heavy atom. The minimum absolute atomic E-state index is 0.519. The van der Waals surface area contributed by atoms with Gasteiger partial charge in [0.2, 0.25) is 0 Å². The number of nitrogens with one attached hydrogen (secondary N) is 1. The van der Waals surface area contributed by atoms with Gasteiger partial charge in [-0.2, -0.15) is 0 Å². The summed E-state index contributed by atoms with van der Waals surface area (Å²) in [6.07, 6.45) is 10.8. The molecule has 1 saturated carbocycles. The molecule has 3 rings (SSSR count). The maximum Gasteiger partial charge on any atom is 0.180 e. The molecule has 1 fully saturated rings. The van der Waals surface area contributed by atoms with Crippen LogP contribution in [0.1, 0.15) is 32.6 Å². The van der Waals surface area contributed by atoms with Crippen molar-refractivity contribution in [2.45, 2.75) is 32.6 Å². The van der Waals surface area contributed by atoms with Crippen LogP contribution in [0.25, 0.3) is 5.65 Å². The molecule has 2 aromatic heterocycles. The van der Waals surface area contributed by atoms with Crippen molar-refractivity contribution in [2.75, 3.05) is 17.6 Å². The lowest BCUT2D eigenvalue weighted by Crippen LogP contribution is -2.21. The highest BCUT2D eigenvalue weighted by Gasteiger charge is 2.19. The Bertz CT molecular complexity index is 562. The lowest BCUT2D eigenvalue weighted by atomic mass is 9.82. The van der Waals surface area contributed by atoms with E-state index in [1.165, 1.54) is 25.7 Å². The lowest BCUT2D eigenvalue weighted by molar-refractivity contribution is 0.293. The normalized spacial score (nSPS) is 23.6. The number of hydrogen-bond acceptors (Lipinski definition) is 4. The van der Waals surface area contributed by atoms with Gasteiger partial charge >= 0.3 is 0 Å². The van der Waals surface area contributed by atoms with Gasteiger partial charge in [0.25, 0.3) is 0 Å². The number of hydrogen-bond donors (Lipinski definition) is 2. The molecule has 2 aromatic rings. The average molecular weight is 259 g/mol. The van der Waals surface area contributed by atoms with Gasteiger partial charge in [-0.1, -0.05) is 19.8 Å². The van der Waals surface area contributed by atoms with E-state index in [1.54, 1.807) is 12.4 Å². The van der Waals surface area contributed by atoms with Gasteiger partial charge in [-0.3, -0.25) is 0 Å². The standard InChI is InChI=1S/C14H21N5/c1-10-3-2-4-11(7-10)8-17-13-14-16-5-6-19(14)9-12(15)18-13/h5-6,9-11H,2-4,7-8,15H2,1H3,(H,17,18). The smallest absolute Gasteiger partial charge is 0.180 e. The quantitative estimate of drug-likeness (QED) is 0.889. The molecule has 0 amide bonds. The molecule has 5 heteroatoms. The predicted octanol–water partition coefficient (Wildman–Crippen LogP) is 2.55. The third-order valence-corrected chi connectivity index (χ3v) is 4.00. The van der Waals surface area contributed by atoms with Crippen LogP contribution in [0.5, 0.6) is 0 Å². The van der Waals surface area contributed by atoms with E-state index in [1.807, 2.05) is 10.6 Å². The van der Waals surface area contributed by atoms with Crippen molar-refractivity contribution in [1.29, 1.82) is 0 Å². The van der Waals surface area contributed by atoms with Crippen LogP contribution < -0.4 is 11.1 Å². The van der Waals surface area contributed by atoms with Crippen LogP contribution in [0.2, 0.25) is 0 Å². The zero-order valence-corrected chi connectivity index (χ0v) is 11.3. The van der Waals surface area contributed by atoms with Gasteiger partial charge in [-0.25, -0.2) is 9.97 Å². The Kier molecular flexibility index (Phi) is 3.27. The highest BCUT2D eigenvalue weighted by atomic mass is 15.1. The van der Waals surface area contributed by atoms with E-state index in [2.05, 4.69) is 22.2 Å². The van der Waals surface area contributed by atoms with Crippen molar-refractivity contribution in [2.24, 2.45) is 11.8 Å². The van der Waals surface area contributed by atoms with Crippen LogP contribution in [0, 0.1) is 11.8 Å². The average Bonchev–Trinajstić information content (AvgIpc) is 2.84. The molecular formula is C14H21N5. The van der Waals surface area contributed by atoms with Gasteiger partial charge in [0, 0.05) is 18.9 Å². The van der Waals surface area contributed by atoms with Crippen molar-refractivity contribution in [3.63, 3.8) is 0 Å². The Hall–Kier alpha value is -1.78. The van der Waals surface area contributed by atoms with Crippen LogP contribution in [0.3, 0.4) is 0 Å². The number of rotatable bonds is 3. The maximum atomic E-state index is 5.81. The Morgan fingerprint density at radius 3 is 3.21 bits per heavy atom. The second kappa shape index (κ2) is 5.07. The molecule has 0 saturated heterocycles. The van der Waals surface area contributed by atoms with Crippen molar-refractivity contribution >= 4 is 17.3 Å². The third-order valence-electron chi connectivity index (χ3n) is 4.00. The highest BCUT2D eigenvalue weighted by Crippen LogP contribution is 2.28. The first kappa shape index (κ1) is 12.3. The van der Waals surface area contributed by atoms with Crippen LogP contribution in [-0.4, -0.2) is 20.9 Å². The van der Waals surface area contributed by atoms with Gasteiger partial charge in [-0.15, -0.1) is 0 Å². The minimum atomic E-state index is 0.519. The summed E-state index contributed by atoms with van der Waals surface area (Å²) in [7, 11) is 0. The molecule has 0 radical (unpaired) electrons. The van der Waals surface area contributed by atoms with E-state index >= 15 is 0 Å².